The summed E-state index contributed by atoms with van der Waals surface area (Å²) >= 11 is 0. The number of halogens is 1. The lowest BCUT2D eigenvalue weighted by Gasteiger charge is -2.29. The molecular weight excluding hydrogens is 308 g/mol. The van der Waals surface area contributed by atoms with E-state index >= 15 is 0 Å². The van der Waals surface area contributed by atoms with Gasteiger partial charge in [-0.1, -0.05) is 60.7 Å². The first-order chi connectivity index (χ1) is 10.8. The zero-order valence-electron chi connectivity index (χ0n) is 13.2. The monoisotopic (exact) mass is 330 g/mol. The number of carbonyl (C=O) groups is 1. The SMILES string of the molecule is Cl.O=C(CC(c1ccccc1)c1ccccc1)N1CCNCC1. The lowest BCUT2D eigenvalue weighted by atomic mass is 9.88. The molecule has 1 aliphatic rings. The molecule has 3 nitrogen and oxygen atoms in total. The summed E-state index contributed by atoms with van der Waals surface area (Å²) in [6.45, 7) is 3.42. The molecule has 23 heavy (non-hydrogen) atoms. The van der Waals surface area contributed by atoms with Gasteiger partial charge in [-0.3, -0.25) is 4.79 Å². The highest BCUT2D eigenvalue weighted by atomic mass is 35.5. The van der Waals surface area contributed by atoms with Crippen LogP contribution in [-0.4, -0.2) is 37.0 Å². The lowest BCUT2D eigenvalue weighted by molar-refractivity contribution is -0.132. The number of hydrogen-bond acceptors (Lipinski definition) is 2. The van der Waals surface area contributed by atoms with Gasteiger partial charge in [-0.25, -0.2) is 0 Å². The molecule has 0 aliphatic carbocycles. The Balaban J connectivity index is 0.00000192. The van der Waals surface area contributed by atoms with Crippen molar-refractivity contribution in [1.29, 1.82) is 0 Å². The van der Waals surface area contributed by atoms with Crippen LogP contribution < -0.4 is 5.32 Å². The van der Waals surface area contributed by atoms with E-state index < -0.39 is 0 Å². The van der Waals surface area contributed by atoms with E-state index in [2.05, 4.69) is 29.6 Å². The molecule has 1 N–H and O–H groups in total. The number of benzene rings is 2. The molecule has 122 valence electrons. The Labute approximate surface area is 144 Å². The number of hydrogen-bond donors (Lipinski definition) is 1. The molecule has 0 bridgehead atoms. The number of nitrogens with zero attached hydrogens (tertiary/aromatic N) is 1. The van der Waals surface area contributed by atoms with Crippen LogP contribution in [0, 0.1) is 0 Å². The van der Waals surface area contributed by atoms with E-state index in [9.17, 15) is 4.79 Å². The highest BCUT2D eigenvalue weighted by Crippen LogP contribution is 2.28. The van der Waals surface area contributed by atoms with Crippen molar-refractivity contribution in [2.45, 2.75) is 12.3 Å². The van der Waals surface area contributed by atoms with E-state index in [1.165, 1.54) is 11.1 Å². The van der Waals surface area contributed by atoms with Gasteiger partial charge in [0.2, 0.25) is 5.91 Å². The second-order valence-corrected chi connectivity index (χ2v) is 5.71. The molecule has 1 aliphatic heterocycles. The Kier molecular flexibility index (Phi) is 6.63. The van der Waals surface area contributed by atoms with Crippen LogP contribution in [0.15, 0.2) is 60.7 Å². The molecule has 2 aromatic carbocycles. The smallest absolute Gasteiger partial charge is 0.223 e. The summed E-state index contributed by atoms with van der Waals surface area (Å²) in [7, 11) is 0. The summed E-state index contributed by atoms with van der Waals surface area (Å²) in [5, 5.41) is 3.29. The van der Waals surface area contributed by atoms with Crippen molar-refractivity contribution in [1.82, 2.24) is 10.2 Å². The second kappa shape index (κ2) is 8.70. The summed E-state index contributed by atoms with van der Waals surface area (Å²) in [4.78, 5) is 14.6. The summed E-state index contributed by atoms with van der Waals surface area (Å²) in [6.07, 6.45) is 0.536. The molecule has 0 atom stereocenters. The van der Waals surface area contributed by atoms with Crippen molar-refractivity contribution < 1.29 is 4.79 Å². The molecule has 0 radical (unpaired) electrons. The number of nitrogens with one attached hydrogen (secondary N) is 1. The standard InChI is InChI=1S/C19H22N2O.ClH/c22-19(21-13-11-20-12-14-21)15-18(16-7-3-1-4-8-16)17-9-5-2-6-10-17;/h1-10,18,20H,11-15H2;1H. The average Bonchev–Trinajstić information content (AvgIpc) is 2.62. The first-order valence-corrected chi connectivity index (χ1v) is 7.93. The van der Waals surface area contributed by atoms with E-state index in [-0.39, 0.29) is 24.2 Å². The molecule has 0 spiro atoms. The maximum absolute atomic E-state index is 12.7. The van der Waals surface area contributed by atoms with Crippen LogP contribution in [0.4, 0.5) is 0 Å². The van der Waals surface area contributed by atoms with Gasteiger partial charge in [-0.2, -0.15) is 0 Å². The number of piperazine rings is 1. The maximum atomic E-state index is 12.7. The molecular formula is C19H23ClN2O. The first-order valence-electron chi connectivity index (χ1n) is 7.93. The Bertz CT molecular complexity index is 558. The highest BCUT2D eigenvalue weighted by molar-refractivity contribution is 5.85. The van der Waals surface area contributed by atoms with Gasteiger partial charge in [0.1, 0.15) is 0 Å². The minimum absolute atomic E-state index is 0. The van der Waals surface area contributed by atoms with E-state index in [1.807, 2.05) is 41.3 Å². The summed E-state index contributed by atoms with van der Waals surface area (Å²) < 4.78 is 0. The van der Waals surface area contributed by atoms with E-state index in [4.69, 9.17) is 0 Å². The molecule has 1 fully saturated rings. The fourth-order valence-electron chi connectivity index (χ4n) is 3.02. The third-order valence-electron chi connectivity index (χ3n) is 4.25. The zero-order valence-corrected chi connectivity index (χ0v) is 14.0. The minimum Gasteiger partial charge on any atom is -0.340 e. The molecule has 1 saturated heterocycles. The van der Waals surface area contributed by atoms with Crippen molar-refractivity contribution in [3.05, 3.63) is 71.8 Å². The van der Waals surface area contributed by atoms with Crippen molar-refractivity contribution in [3.8, 4) is 0 Å². The highest BCUT2D eigenvalue weighted by Gasteiger charge is 2.22. The third kappa shape index (κ3) is 4.57. The second-order valence-electron chi connectivity index (χ2n) is 5.71. The number of rotatable bonds is 4. The van der Waals surface area contributed by atoms with Crippen LogP contribution in [0.1, 0.15) is 23.5 Å². The van der Waals surface area contributed by atoms with Gasteiger partial charge in [0, 0.05) is 38.5 Å². The normalized spacial score (nSPS) is 14.4. The maximum Gasteiger partial charge on any atom is 0.223 e. The van der Waals surface area contributed by atoms with Crippen LogP contribution >= 0.6 is 12.4 Å². The predicted molar refractivity (Wildman–Crippen MR) is 96.0 cm³/mol. The van der Waals surface area contributed by atoms with Gasteiger partial charge >= 0.3 is 0 Å². The summed E-state index contributed by atoms with van der Waals surface area (Å²) in [6, 6.07) is 20.7. The predicted octanol–water partition coefficient (Wildman–Crippen LogP) is 3.06. The summed E-state index contributed by atoms with van der Waals surface area (Å²) in [5.74, 6) is 0.379. The van der Waals surface area contributed by atoms with Crippen LogP contribution in [0.3, 0.4) is 0 Å². The van der Waals surface area contributed by atoms with Crippen LogP contribution in [0.5, 0.6) is 0 Å². The van der Waals surface area contributed by atoms with Crippen LogP contribution in [-0.2, 0) is 4.79 Å². The molecule has 1 amide bonds. The quantitative estimate of drug-likeness (QED) is 0.934. The fourth-order valence-corrected chi connectivity index (χ4v) is 3.02. The van der Waals surface area contributed by atoms with Gasteiger partial charge in [-0.15, -0.1) is 12.4 Å². The minimum atomic E-state index is 0. The zero-order chi connectivity index (χ0) is 15.2. The Hall–Kier alpha value is -1.84. The van der Waals surface area contributed by atoms with Gasteiger partial charge in [0.15, 0.2) is 0 Å². The van der Waals surface area contributed by atoms with Crippen molar-refractivity contribution >= 4 is 18.3 Å². The van der Waals surface area contributed by atoms with Gasteiger partial charge in [-0.05, 0) is 11.1 Å². The van der Waals surface area contributed by atoms with Gasteiger partial charge in [0.25, 0.3) is 0 Å². The lowest BCUT2D eigenvalue weighted by Crippen LogP contribution is -2.46. The molecule has 2 aromatic rings. The Morgan fingerprint density at radius 2 is 1.39 bits per heavy atom. The van der Waals surface area contributed by atoms with Gasteiger partial charge in [0.05, 0.1) is 0 Å². The molecule has 4 heteroatoms. The van der Waals surface area contributed by atoms with Gasteiger partial charge < -0.3 is 10.2 Å². The average molecular weight is 331 g/mol. The number of amides is 1. The van der Waals surface area contributed by atoms with E-state index in [0.717, 1.165) is 26.2 Å². The van der Waals surface area contributed by atoms with Crippen molar-refractivity contribution in [2.75, 3.05) is 26.2 Å². The summed E-state index contributed by atoms with van der Waals surface area (Å²) in [5.41, 5.74) is 2.41. The van der Waals surface area contributed by atoms with E-state index in [0.29, 0.717) is 6.42 Å². The van der Waals surface area contributed by atoms with Crippen LogP contribution in [0.25, 0.3) is 0 Å². The topological polar surface area (TPSA) is 32.3 Å². The molecule has 3 rings (SSSR count). The molecule has 1 heterocycles. The largest absolute Gasteiger partial charge is 0.340 e. The fraction of sp³-hybridized carbons (Fsp3) is 0.316. The Morgan fingerprint density at radius 3 is 1.87 bits per heavy atom. The van der Waals surface area contributed by atoms with Crippen LogP contribution in [0.2, 0.25) is 0 Å². The molecule has 0 unspecified atom stereocenters. The number of carbonyl (C=O) groups excluding carboxylic acids is 1. The van der Waals surface area contributed by atoms with Crippen molar-refractivity contribution in [2.24, 2.45) is 0 Å². The first kappa shape index (κ1) is 17.5. The Morgan fingerprint density at radius 1 is 0.913 bits per heavy atom. The molecule has 0 aromatic heterocycles. The van der Waals surface area contributed by atoms with Crippen molar-refractivity contribution in [3.63, 3.8) is 0 Å². The molecule has 0 saturated carbocycles. The third-order valence-corrected chi connectivity index (χ3v) is 4.25. The van der Waals surface area contributed by atoms with E-state index in [1.54, 1.807) is 0 Å².